The van der Waals surface area contributed by atoms with Crippen LogP contribution in [0.25, 0.3) is 0 Å². The van der Waals surface area contributed by atoms with Crippen molar-refractivity contribution in [2.24, 2.45) is 0 Å². The second-order valence-electron chi connectivity index (χ2n) is 10.1. The summed E-state index contributed by atoms with van der Waals surface area (Å²) in [4.78, 5) is 0. The van der Waals surface area contributed by atoms with Crippen molar-refractivity contribution in [3.8, 4) is 0 Å². The molecule has 0 nitrogen and oxygen atoms in total. The van der Waals surface area contributed by atoms with Gasteiger partial charge in [0, 0.05) is 42.6 Å². The van der Waals surface area contributed by atoms with E-state index < -0.39 is 7.92 Å². The molecule has 1 atom stereocenters. The van der Waals surface area contributed by atoms with Crippen LogP contribution in [-0.2, 0) is 32.4 Å². The summed E-state index contributed by atoms with van der Waals surface area (Å²) in [6, 6.07) is 10.6. The Hall–Kier alpha value is 0.729. The fraction of sp³-hybridized carbons (Fsp3) is 0.714. The molecule has 0 heterocycles. The van der Waals surface area contributed by atoms with E-state index in [0.717, 1.165) is 0 Å². The Labute approximate surface area is 167 Å². The number of hydrogen-bond donors (Lipinski definition) is 0. The van der Waals surface area contributed by atoms with E-state index in [9.17, 15) is 0 Å². The van der Waals surface area contributed by atoms with Crippen LogP contribution in [0.4, 0.5) is 0 Å². The summed E-state index contributed by atoms with van der Waals surface area (Å²) in [6.45, 7) is 24.1. The Kier molecular flexibility index (Phi) is 9.36. The first-order chi connectivity index (χ1) is 10.2. The van der Waals surface area contributed by atoms with Crippen molar-refractivity contribution in [1.29, 1.82) is 0 Å². The molecule has 0 fully saturated rings. The van der Waals surface area contributed by atoms with Gasteiger partial charge in [-0.1, -0.05) is 0 Å². The SMILES string of the molecule is C[PH+](Cc1[c-]c(C[PH+](C(C)(C)C)C(C)(C)C)ccc1)C(C)(C)C.[Ir]. The van der Waals surface area contributed by atoms with Gasteiger partial charge in [-0.15, -0.1) is 11.1 Å². The van der Waals surface area contributed by atoms with Gasteiger partial charge >= 0.3 is 0 Å². The molecule has 1 unspecified atom stereocenters. The summed E-state index contributed by atoms with van der Waals surface area (Å²) in [5.74, 6) is 0. The largest absolute Gasteiger partial charge is 0.172 e. The molecule has 1 aromatic rings. The normalized spacial score (nSPS) is 14.5. The zero-order valence-corrected chi connectivity index (χ0v) is 21.9. The van der Waals surface area contributed by atoms with Crippen LogP contribution in [0.5, 0.6) is 0 Å². The second-order valence-corrected chi connectivity index (χ2v) is 17.8. The molecular formula is C21H39IrP2+. The third kappa shape index (κ3) is 7.96. The first-order valence-corrected chi connectivity index (χ1v) is 12.8. The number of benzene rings is 1. The van der Waals surface area contributed by atoms with Gasteiger partial charge in [0.25, 0.3) is 0 Å². The van der Waals surface area contributed by atoms with Crippen LogP contribution in [0, 0.1) is 6.07 Å². The average Bonchev–Trinajstić information content (AvgIpc) is 2.32. The second kappa shape index (κ2) is 9.09. The van der Waals surface area contributed by atoms with Crippen molar-refractivity contribution < 1.29 is 20.1 Å². The van der Waals surface area contributed by atoms with Crippen LogP contribution < -0.4 is 0 Å². The van der Waals surface area contributed by atoms with Crippen LogP contribution in [-0.4, -0.2) is 22.1 Å². The van der Waals surface area contributed by atoms with Crippen molar-refractivity contribution >= 4 is 15.8 Å². The van der Waals surface area contributed by atoms with Gasteiger partial charge in [-0.25, -0.2) is 0 Å². The van der Waals surface area contributed by atoms with Gasteiger partial charge in [-0.2, -0.15) is 24.3 Å². The molecule has 0 amide bonds. The third-order valence-corrected chi connectivity index (χ3v) is 12.7. The molecule has 0 bridgehead atoms. The fourth-order valence-electron chi connectivity index (χ4n) is 3.17. The summed E-state index contributed by atoms with van der Waals surface area (Å²) in [6.07, 6.45) is 2.46. The quantitative estimate of drug-likeness (QED) is 0.284. The Balaban J connectivity index is 0.00000529. The Morgan fingerprint density at radius 1 is 0.750 bits per heavy atom. The summed E-state index contributed by atoms with van der Waals surface area (Å²) in [7, 11) is -0.905. The summed E-state index contributed by atoms with van der Waals surface area (Å²) in [5.41, 5.74) is 2.86. The molecule has 0 N–H and O–H groups in total. The van der Waals surface area contributed by atoms with E-state index in [0.29, 0.717) is 15.5 Å². The van der Waals surface area contributed by atoms with Gasteiger partial charge in [0.2, 0.25) is 0 Å². The molecule has 0 aliphatic heterocycles. The van der Waals surface area contributed by atoms with E-state index in [2.05, 4.69) is 93.2 Å². The molecule has 141 valence electrons. The van der Waals surface area contributed by atoms with Crippen molar-refractivity contribution in [1.82, 2.24) is 0 Å². The van der Waals surface area contributed by atoms with E-state index in [1.807, 2.05) is 0 Å². The molecule has 0 aromatic heterocycles. The van der Waals surface area contributed by atoms with Crippen LogP contribution in [0.3, 0.4) is 0 Å². The molecule has 0 aliphatic rings. The van der Waals surface area contributed by atoms with Gasteiger partial charge in [0.15, 0.2) is 0 Å². The minimum absolute atomic E-state index is 0. The first kappa shape index (κ1) is 24.7. The first-order valence-electron chi connectivity index (χ1n) is 8.91. The van der Waals surface area contributed by atoms with Gasteiger partial charge in [0.1, 0.15) is 0 Å². The maximum Gasteiger partial charge on any atom is 0.0701 e. The molecule has 0 aliphatic carbocycles. The van der Waals surface area contributed by atoms with Gasteiger partial charge in [0.05, 0.1) is 27.8 Å². The molecule has 1 radical (unpaired) electrons. The molecular weight excluding hydrogens is 506 g/mol. The Bertz CT molecular complexity index is 490. The Morgan fingerprint density at radius 2 is 1.17 bits per heavy atom. The minimum Gasteiger partial charge on any atom is -0.172 e. The van der Waals surface area contributed by atoms with E-state index in [1.165, 1.54) is 23.5 Å². The smallest absolute Gasteiger partial charge is 0.0701 e. The van der Waals surface area contributed by atoms with Crippen LogP contribution in [0.1, 0.15) is 73.4 Å². The van der Waals surface area contributed by atoms with Crippen LogP contribution in [0.15, 0.2) is 18.2 Å². The zero-order chi connectivity index (χ0) is 18.1. The molecule has 24 heavy (non-hydrogen) atoms. The van der Waals surface area contributed by atoms with Crippen molar-refractivity contribution in [3.05, 3.63) is 35.4 Å². The molecule has 0 saturated carbocycles. The summed E-state index contributed by atoms with van der Waals surface area (Å²) >= 11 is 0. The summed E-state index contributed by atoms with van der Waals surface area (Å²) < 4.78 is 0. The van der Waals surface area contributed by atoms with E-state index in [-0.39, 0.29) is 28.0 Å². The predicted octanol–water partition coefficient (Wildman–Crippen LogP) is 6.94. The molecule has 1 rings (SSSR count). The number of hydrogen-bond acceptors (Lipinski definition) is 0. The average molecular weight is 546 g/mol. The van der Waals surface area contributed by atoms with Crippen molar-refractivity contribution in [2.45, 2.75) is 90.1 Å². The van der Waals surface area contributed by atoms with Gasteiger partial charge in [-0.05, 0) is 62.3 Å². The summed E-state index contributed by atoms with van der Waals surface area (Å²) in [5, 5.41) is 1.29. The standard InChI is InChI=1S/C21H37P2.Ir/c1-19(2,3)22(10)15-17-12-11-13-18(14-17)16-23(20(4,5)6)21(7,8)9;/h11-13H,15-16H2,1-10H3;/q-1;/p+2. The van der Waals surface area contributed by atoms with Gasteiger partial charge in [-0.3, -0.25) is 0 Å². The van der Waals surface area contributed by atoms with Gasteiger partial charge < -0.3 is 0 Å². The van der Waals surface area contributed by atoms with Crippen molar-refractivity contribution in [2.75, 3.05) is 6.66 Å². The molecule has 1 aromatic carbocycles. The van der Waals surface area contributed by atoms with E-state index in [1.54, 1.807) is 0 Å². The maximum absolute atomic E-state index is 3.77. The minimum atomic E-state index is -0.523. The van der Waals surface area contributed by atoms with Crippen LogP contribution >= 0.6 is 15.8 Å². The van der Waals surface area contributed by atoms with Crippen molar-refractivity contribution in [3.63, 3.8) is 0 Å². The third-order valence-electron chi connectivity index (χ3n) is 4.83. The maximum atomic E-state index is 3.77. The monoisotopic (exact) mass is 546 g/mol. The topological polar surface area (TPSA) is 0 Å². The fourth-order valence-corrected chi connectivity index (χ4v) is 8.38. The van der Waals surface area contributed by atoms with Crippen LogP contribution in [0.2, 0.25) is 0 Å². The molecule has 0 saturated heterocycles. The number of rotatable bonds is 4. The van der Waals surface area contributed by atoms with E-state index >= 15 is 0 Å². The molecule has 0 spiro atoms. The van der Waals surface area contributed by atoms with E-state index in [4.69, 9.17) is 0 Å². The Morgan fingerprint density at radius 3 is 1.54 bits per heavy atom. The zero-order valence-electron chi connectivity index (χ0n) is 17.5. The predicted molar refractivity (Wildman–Crippen MR) is 114 cm³/mol. The molecule has 3 heteroatoms.